The second-order valence-electron chi connectivity index (χ2n) is 6.05. The molecule has 0 amide bonds. The van der Waals surface area contributed by atoms with Gasteiger partial charge in [0.05, 0.1) is 18.4 Å². The third-order valence-electron chi connectivity index (χ3n) is 4.12. The molecule has 0 aliphatic heterocycles. The number of rotatable bonds is 8. The minimum atomic E-state index is -3.45. The summed E-state index contributed by atoms with van der Waals surface area (Å²) in [6.07, 6.45) is 2.38. The van der Waals surface area contributed by atoms with Crippen molar-refractivity contribution in [3.63, 3.8) is 0 Å². The summed E-state index contributed by atoms with van der Waals surface area (Å²) in [5.74, 6) is -0.630. The van der Waals surface area contributed by atoms with Gasteiger partial charge in [-0.1, -0.05) is 12.1 Å². The Labute approximate surface area is 137 Å². The first-order valence-corrected chi connectivity index (χ1v) is 9.34. The van der Waals surface area contributed by atoms with E-state index in [2.05, 4.69) is 14.4 Å². The van der Waals surface area contributed by atoms with Gasteiger partial charge < -0.3 is 4.74 Å². The number of benzene rings is 1. The fourth-order valence-electron chi connectivity index (χ4n) is 2.41. The van der Waals surface area contributed by atoms with Crippen LogP contribution in [0.5, 0.6) is 0 Å². The zero-order valence-electron chi connectivity index (χ0n) is 13.8. The summed E-state index contributed by atoms with van der Waals surface area (Å²) in [5.41, 5.74) is 0.908. The van der Waals surface area contributed by atoms with Gasteiger partial charge in [-0.25, -0.2) is 17.9 Å². The highest BCUT2D eigenvalue weighted by molar-refractivity contribution is 7.88. The van der Waals surface area contributed by atoms with E-state index in [1.807, 2.05) is 14.0 Å². The quantitative estimate of drug-likeness (QED) is 0.724. The van der Waals surface area contributed by atoms with Crippen LogP contribution >= 0.6 is 0 Å². The van der Waals surface area contributed by atoms with E-state index in [4.69, 9.17) is 0 Å². The number of sulfonamides is 1. The van der Waals surface area contributed by atoms with Crippen LogP contribution in [0.4, 0.5) is 0 Å². The van der Waals surface area contributed by atoms with Crippen molar-refractivity contribution in [2.75, 3.05) is 20.7 Å². The molecule has 1 aliphatic carbocycles. The summed E-state index contributed by atoms with van der Waals surface area (Å²) in [7, 11) is -0.126. The van der Waals surface area contributed by atoms with Gasteiger partial charge in [0.25, 0.3) is 0 Å². The molecule has 1 atom stereocenters. The Morgan fingerprint density at radius 1 is 1.43 bits per heavy atom. The lowest BCUT2D eigenvalue weighted by Crippen LogP contribution is -2.41. The zero-order valence-corrected chi connectivity index (χ0v) is 14.6. The van der Waals surface area contributed by atoms with Gasteiger partial charge >= 0.3 is 5.97 Å². The first-order valence-electron chi connectivity index (χ1n) is 7.69. The molecule has 1 saturated carbocycles. The molecular formula is C16H24N2O4S. The summed E-state index contributed by atoms with van der Waals surface area (Å²) >= 11 is 0. The third-order valence-corrected chi connectivity index (χ3v) is 5.44. The highest BCUT2D eigenvalue weighted by Crippen LogP contribution is 2.26. The minimum absolute atomic E-state index is 0.152. The number of carbonyl (C=O) groups excluding carboxylic acids is 1. The average Bonchev–Trinajstić information content (AvgIpc) is 3.35. The van der Waals surface area contributed by atoms with Crippen LogP contribution in [-0.2, 0) is 20.5 Å². The van der Waals surface area contributed by atoms with Gasteiger partial charge in [-0.2, -0.15) is 0 Å². The smallest absolute Gasteiger partial charge is 0.337 e. The van der Waals surface area contributed by atoms with Crippen LogP contribution < -0.4 is 4.72 Å². The van der Waals surface area contributed by atoms with Gasteiger partial charge in [0.15, 0.2) is 0 Å². The minimum Gasteiger partial charge on any atom is -0.465 e. The number of nitrogens with one attached hydrogen (secondary N) is 1. The van der Waals surface area contributed by atoms with Gasteiger partial charge in [0, 0.05) is 18.6 Å². The molecule has 1 N–H and O–H groups in total. The molecule has 0 bridgehead atoms. The second-order valence-corrected chi connectivity index (χ2v) is 7.85. The first kappa shape index (κ1) is 17.9. The normalized spacial score (nSPS) is 16.3. The number of hydrogen-bond donors (Lipinski definition) is 1. The van der Waals surface area contributed by atoms with Gasteiger partial charge in [0.2, 0.25) is 10.0 Å². The van der Waals surface area contributed by atoms with Crippen LogP contribution in [0, 0.1) is 0 Å². The Balaban J connectivity index is 1.93. The lowest BCUT2D eigenvalue weighted by Gasteiger charge is -2.24. The molecule has 128 valence electrons. The Hall–Kier alpha value is -1.44. The van der Waals surface area contributed by atoms with Crippen LogP contribution in [0.25, 0.3) is 0 Å². The highest BCUT2D eigenvalue weighted by Gasteiger charge is 2.29. The molecule has 1 unspecified atom stereocenters. The Morgan fingerprint density at radius 2 is 2.13 bits per heavy atom. The molecule has 7 heteroatoms. The lowest BCUT2D eigenvalue weighted by molar-refractivity contribution is 0.0600. The van der Waals surface area contributed by atoms with E-state index >= 15 is 0 Å². The van der Waals surface area contributed by atoms with Gasteiger partial charge in [-0.15, -0.1) is 0 Å². The van der Waals surface area contributed by atoms with Gasteiger partial charge in [-0.05, 0) is 44.5 Å². The van der Waals surface area contributed by atoms with Crippen LogP contribution in [0.2, 0.25) is 0 Å². The van der Waals surface area contributed by atoms with E-state index < -0.39 is 16.0 Å². The molecule has 1 aromatic rings. The lowest BCUT2D eigenvalue weighted by atomic mass is 10.1. The predicted molar refractivity (Wildman–Crippen MR) is 88.7 cm³/mol. The van der Waals surface area contributed by atoms with Gasteiger partial charge in [-0.3, -0.25) is 4.90 Å². The topological polar surface area (TPSA) is 75.7 Å². The third kappa shape index (κ3) is 5.30. The summed E-state index contributed by atoms with van der Waals surface area (Å²) < 4.78 is 31.7. The second kappa shape index (κ2) is 7.42. The number of methoxy groups -OCH3 is 1. The molecule has 1 aliphatic rings. The van der Waals surface area contributed by atoms with Gasteiger partial charge in [0.1, 0.15) is 0 Å². The van der Waals surface area contributed by atoms with Crippen molar-refractivity contribution in [2.24, 2.45) is 0 Å². The fraction of sp³-hybridized carbons (Fsp3) is 0.562. The number of esters is 1. The summed E-state index contributed by atoms with van der Waals surface area (Å²) in [5, 5.41) is 0. The molecule has 0 aromatic heterocycles. The van der Waals surface area contributed by atoms with Crippen molar-refractivity contribution < 1.29 is 17.9 Å². The molecule has 0 saturated heterocycles. The number of nitrogens with zero attached hydrogens (tertiary/aromatic N) is 1. The summed E-state index contributed by atoms with van der Waals surface area (Å²) in [6, 6.07) is 7.23. The maximum Gasteiger partial charge on any atom is 0.337 e. The fourth-order valence-corrected chi connectivity index (χ4v) is 3.63. The van der Waals surface area contributed by atoms with Crippen LogP contribution in [0.3, 0.4) is 0 Å². The van der Waals surface area contributed by atoms with Crippen molar-refractivity contribution >= 4 is 16.0 Å². The molecule has 1 aromatic carbocycles. The number of carbonyl (C=O) groups is 1. The largest absolute Gasteiger partial charge is 0.465 e. The summed E-state index contributed by atoms with van der Waals surface area (Å²) in [6.45, 7) is 2.39. The zero-order chi connectivity index (χ0) is 17.0. The Morgan fingerprint density at radius 3 is 2.74 bits per heavy atom. The Bertz CT molecular complexity index is 656. The maximum absolute atomic E-state index is 12.2. The molecular weight excluding hydrogens is 316 g/mol. The number of hydrogen-bond acceptors (Lipinski definition) is 5. The van der Waals surface area contributed by atoms with E-state index in [1.54, 1.807) is 24.3 Å². The molecule has 1 fully saturated rings. The molecule has 6 nitrogen and oxygen atoms in total. The van der Waals surface area contributed by atoms with E-state index in [0.717, 1.165) is 0 Å². The van der Waals surface area contributed by atoms with E-state index in [-0.39, 0.29) is 11.8 Å². The molecule has 0 radical (unpaired) electrons. The van der Waals surface area contributed by atoms with Crippen molar-refractivity contribution in [2.45, 2.75) is 37.6 Å². The van der Waals surface area contributed by atoms with Crippen LogP contribution in [-0.4, -0.2) is 52.1 Å². The van der Waals surface area contributed by atoms with E-state index in [9.17, 15) is 13.2 Å². The Kier molecular flexibility index (Phi) is 5.78. The number of likely N-dealkylation sites (N-methyl/N-ethyl adjacent to an activating group) is 1. The van der Waals surface area contributed by atoms with Crippen LogP contribution in [0.15, 0.2) is 24.3 Å². The first-order chi connectivity index (χ1) is 10.8. The van der Waals surface area contributed by atoms with E-state index in [1.165, 1.54) is 20.0 Å². The van der Waals surface area contributed by atoms with Crippen molar-refractivity contribution in [3.8, 4) is 0 Å². The molecule has 0 spiro atoms. The monoisotopic (exact) mass is 340 g/mol. The average molecular weight is 340 g/mol. The standard InChI is InChI=1S/C16H24N2O4S/c1-12(18(2)15-7-8-15)10-17-23(20,21)11-13-5-4-6-14(9-13)16(19)22-3/h4-6,9,12,15,17H,7-8,10-11H2,1-3H3. The molecule has 2 rings (SSSR count). The summed E-state index contributed by atoms with van der Waals surface area (Å²) in [4.78, 5) is 13.7. The van der Waals surface area contributed by atoms with Crippen molar-refractivity contribution in [3.05, 3.63) is 35.4 Å². The SMILES string of the molecule is COC(=O)c1cccc(CS(=O)(=O)NCC(C)N(C)C2CC2)c1. The maximum atomic E-state index is 12.2. The predicted octanol–water partition coefficient (Wildman–Crippen LogP) is 1.38. The van der Waals surface area contributed by atoms with Crippen molar-refractivity contribution in [1.29, 1.82) is 0 Å². The molecule has 23 heavy (non-hydrogen) atoms. The van der Waals surface area contributed by atoms with E-state index in [0.29, 0.717) is 23.7 Å². The van der Waals surface area contributed by atoms with Crippen molar-refractivity contribution in [1.82, 2.24) is 9.62 Å². The number of ether oxygens (including phenoxy) is 1. The molecule has 0 heterocycles. The van der Waals surface area contributed by atoms with Crippen LogP contribution in [0.1, 0.15) is 35.7 Å². The highest BCUT2D eigenvalue weighted by atomic mass is 32.2.